The van der Waals surface area contributed by atoms with Gasteiger partial charge in [0.2, 0.25) is 0 Å². The Morgan fingerprint density at radius 1 is 1.25 bits per heavy atom. The van der Waals surface area contributed by atoms with Crippen molar-refractivity contribution in [3.8, 4) is 11.5 Å². The van der Waals surface area contributed by atoms with Crippen molar-refractivity contribution in [3.63, 3.8) is 0 Å². The lowest BCUT2D eigenvalue weighted by atomic mass is 10.1. The Balaban J connectivity index is 2.08. The molecule has 2 N–H and O–H groups in total. The first kappa shape index (κ1) is 20.6. The second kappa shape index (κ2) is 8.08. The van der Waals surface area contributed by atoms with Gasteiger partial charge in [-0.25, -0.2) is 0 Å². The summed E-state index contributed by atoms with van der Waals surface area (Å²) >= 11 is 20.4. The summed E-state index contributed by atoms with van der Waals surface area (Å²) in [5.41, 5.74) is 0.575. The quantitative estimate of drug-likeness (QED) is 0.372. The molecule has 6 nitrogen and oxygen atoms in total. The number of thiocarbonyl (C=S) groups is 1. The Morgan fingerprint density at radius 3 is 2.61 bits per heavy atom. The second-order valence-electron chi connectivity index (χ2n) is 5.61. The molecular weight excluding hydrogens is 491 g/mol. The molecule has 28 heavy (non-hydrogen) atoms. The van der Waals surface area contributed by atoms with E-state index in [-0.39, 0.29) is 32.9 Å². The molecule has 3 rings (SSSR count). The Bertz CT molecular complexity index is 1060. The molecule has 2 aromatic rings. The molecule has 0 atom stereocenters. The van der Waals surface area contributed by atoms with E-state index < -0.39 is 11.8 Å². The summed E-state index contributed by atoms with van der Waals surface area (Å²) in [4.78, 5) is 26.5. The van der Waals surface area contributed by atoms with Crippen molar-refractivity contribution in [1.29, 1.82) is 0 Å². The van der Waals surface area contributed by atoms with Crippen LogP contribution < -0.4 is 15.0 Å². The third kappa shape index (κ3) is 3.86. The Morgan fingerprint density at radius 2 is 1.96 bits per heavy atom. The van der Waals surface area contributed by atoms with Crippen LogP contribution in [0.1, 0.15) is 5.56 Å². The third-order valence-electron chi connectivity index (χ3n) is 3.83. The van der Waals surface area contributed by atoms with Crippen molar-refractivity contribution >= 4 is 80.0 Å². The number of nitrogens with zero attached hydrogens (tertiary/aromatic N) is 1. The van der Waals surface area contributed by atoms with Gasteiger partial charge in [0.15, 0.2) is 16.6 Å². The minimum atomic E-state index is -0.653. The summed E-state index contributed by atoms with van der Waals surface area (Å²) < 4.78 is 5.43. The van der Waals surface area contributed by atoms with E-state index in [1.165, 1.54) is 37.5 Å². The molecule has 144 valence electrons. The van der Waals surface area contributed by atoms with Crippen molar-refractivity contribution in [3.05, 3.63) is 56.0 Å². The number of phenols is 1. The molecule has 2 aromatic carbocycles. The van der Waals surface area contributed by atoms with Crippen molar-refractivity contribution in [1.82, 2.24) is 5.32 Å². The van der Waals surface area contributed by atoms with E-state index in [0.29, 0.717) is 15.1 Å². The van der Waals surface area contributed by atoms with Crippen LogP contribution in [-0.2, 0) is 9.59 Å². The lowest BCUT2D eigenvalue weighted by molar-refractivity contribution is -0.122. The first-order valence-electron chi connectivity index (χ1n) is 7.66. The van der Waals surface area contributed by atoms with Gasteiger partial charge >= 0.3 is 0 Å². The summed E-state index contributed by atoms with van der Waals surface area (Å²) in [6, 6.07) is 7.58. The average Bonchev–Trinajstić information content (AvgIpc) is 2.63. The minimum Gasteiger partial charge on any atom is -0.503 e. The number of phenolic OH excluding ortho intramolecular Hbond substituents is 1. The predicted octanol–water partition coefficient (Wildman–Crippen LogP) is 4.30. The fourth-order valence-corrected chi connectivity index (χ4v) is 3.76. The smallest absolute Gasteiger partial charge is 0.270 e. The van der Waals surface area contributed by atoms with E-state index in [2.05, 4.69) is 21.2 Å². The standard InChI is InChI=1S/C18H11BrCl2N2O4S/c1-27-14-6-8(5-11(19)15(14)24)4-10-16(25)22-18(28)23(17(10)26)13-3-2-9(20)7-12(13)21/h2-7,24H,1H3,(H,22,25,28). The molecule has 0 unspecified atom stereocenters. The van der Waals surface area contributed by atoms with Crippen LogP contribution in [0, 0.1) is 0 Å². The largest absolute Gasteiger partial charge is 0.503 e. The van der Waals surface area contributed by atoms with Crippen LogP contribution in [0.15, 0.2) is 40.4 Å². The molecule has 0 radical (unpaired) electrons. The molecule has 0 bridgehead atoms. The lowest BCUT2D eigenvalue weighted by Gasteiger charge is -2.29. The van der Waals surface area contributed by atoms with Gasteiger partial charge in [-0.05, 0) is 70.1 Å². The molecule has 2 amide bonds. The maximum atomic E-state index is 13.0. The van der Waals surface area contributed by atoms with Gasteiger partial charge in [0.1, 0.15) is 5.57 Å². The van der Waals surface area contributed by atoms with Crippen molar-refractivity contribution in [2.75, 3.05) is 12.0 Å². The number of carbonyl (C=O) groups excluding carboxylic acids is 2. The van der Waals surface area contributed by atoms with Crippen molar-refractivity contribution < 1.29 is 19.4 Å². The normalized spacial score (nSPS) is 15.8. The van der Waals surface area contributed by atoms with E-state index in [0.717, 1.165) is 4.90 Å². The molecule has 0 saturated carbocycles. The lowest BCUT2D eigenvalue weighted by Crippen LogP contribution is -2.54. The topological polar surface area (TPSA) is 78.9 Å². The van der Waals surface area contributed by atoms with Gasteiger partial charge in [-0.3, -0.25) is 19.8 Å². The number of anilines is 1. The number of rotatable bonds is 3. The highest BCUT2D eigenvalue weighted by Crippen LogP contribution is 2.36. The van der Waals surface area contributed by atoms with E-state index >= 15 is 0 Å². The van der Waals surface area contributed by atoms with Gasteiger partial charge in [0.05, 0.1) is 22.3 Å². The number of hydrogen-bond acceptors (Lipinski definition) is 5. The van der Waals surface area contributed by atoms with Crippen LogP contribution in [0.2, 0.25) is 10.0 Å². The van der Waals surface area contributed by atoms with E-state index in [1.807, 2.05) is 0 Å². The van der Waals surface area contributed by atoms with Crippen LogP contribution in [0.25, 0.3) is 6.08 Å². The summed E-state index contributed by atoms with van der Waals surface area (Å²) in [7, 11) is 1.39. The van der Waals surface area contributed by atoms with Crippen molar-refractivity contribution in [2.24, 2.45) is 0 Å². The van der Waals surface area contributed by atoms with Gasteiger partial charge in [-0.1, -0.05) is 23.2 Å². The fourth-order valence-electron chi connectivity index (χ4n) is 2.54. The molecule has 1 fully saturated rings. The molecule has 0 spiro atoms. The number of aromatic hydroxyl groups is 1. The number of amides is 2. The summed E-state index contributed by atoms with van der Waals surface area (Å²) in [6.45, 7) is 0. The molecule has 1 aliphatic heterocycles. The molecule has 1 heterocycles. The number of ether oxygens (including phenoxy) is 1. The highest BCUT2D eigenvalue weighted by Gasteiger charge is 2.35. The zero-order valence-electron chi connectivity index (χ0n) is 14.1. The maximum Gasteiger partial charge on any atom is 0.270 e. The van der Waals surface area contributed by atoms with Gasteiger partial charge < -0.3 is 9.84 Å². The third-order valence-corrected chi connectivity index (χ3v) is 5.26. The van der Waals surface area contributed by atoms with E-state index in [4.69, 9.17) is 40.2 Å². The number of methoxy groups -OCH3 is 1. The zero-order chi connectivity index (χ0) is 20.6. The SMILES string of the molecule is COc1cc(C=C2C(=O)NC(=S)N(c3ccc(Cl)cc3Cl)C2=O)cc(Br)c1O. The van der Waals surface area contributed by atoms with Gasteiger partial charge in [-0.15, -0.1) is 0 Å². The fraction of sp³-hybridized carbons (Fsp3) is 0.0556. The Hall–Kier alpha value is -2.13. The first-order chi connectivity index (χ1) is 13.2. The Labute approximate surface area is 183 Å². The Kier molecular flexibility index (Phi) is 5.95. The zero-order valence-corrected chi connectivity index (χ0v) is 18.0. The number of halogens is 3. The highest BCUT2D eigenvalue weighted by atomic mass is 79.9. The average molecular weight is 502 g/mol. The highest BCUT2D eigenvalue weighted by molar-refractivity contribution is 9.10. The molecule has 0 aliphatic carbocycles. The maximum absolute atomic E-state index is 13.0. The van der Waals surface area contributed by atoms with Gasteiger partial charge in [0.25, 0.3) is 11.8 Å². The number of hydrogen-bond donors (Lipinski definition) is 2. The molecule has 0 aromatic heterocycles. The molecule has 10 heteroatoms. The van der Waals surface area contributed by atoms with Crippen molar-refractivity contribution in [2.45, 2.75) is 0 Å². The first-order valence-corrected chi connectivity index (χ1v) is 9.61. The number of nitrogens with one attached hydrogen (secondary N) is 1. The van der Waals surface area contributed by atoms with Gasteiger partial charge in [-0.2, -0.15) is 0 Å². The second-order valence-corrected chi connectivity index (χ2v) is 7.69. The number of carbonyl (C=O) groups is 2. The van der Waals surface area contributed by atoms with E-state index in [9.17, 15) is 14.7 Å². The summed E-state index contributed by atoms with van der Waals surface area (Å²) in [5, 5.41) is 12.9. The summed E-state index contributed by atoms with van der Waals surface area (Å²) in [6.07, 6.45) is 1.36. The molecular formula is C18H11BrCl2N2O4S. The predicted molar refractivity (Wildman–Crippen MR) is 115 cm³/mol. The monoisotopic (exact) mass is 500 g/mol. The molecule has 1 saturated heterocycles. The van der Waals surface area contributed by atoms with Crippen LogP contribution >= 0.6 is 51.3 Å². The van der Waals surface area contributed by atoms with Crippen LogP contribution in [0.5, 0.6) is 11.5 Å². The van der Waals surface area contributed by atoms with Crippen LogP contribution in [-0.4, -0.2) is 29.1 Å². The minimum absolute atomic E-state index is 0.0964. The van der Waals surface area contributed by atoms with Crippen LogP contribution in [0.4, 0.5) is 5.69 Å². The molecule has 1 aliphatic rings. The van der Waals surface area contributed by atoms with Crippen LogP contribution in [0.3, 0.4) is 0 Å². The summed E-state index contributed by atoms with van der Waals surface area (Å²) in [5.74, 6) is -1.22. The number of benzene rings is 2. The van der Waals surface area contributed by atoms with Gasteiger partial charge in [0, 0.05) is 5.02 Å². The van der Waals surface area contributed by atoms with E-state index in [1.54, 1.807) is 6.07 Å².